The molecule has 0 unspecified atom stereocenters. The highest BCUT2D eigenvalue weighted by atomic mass is 32.2. The molecule has 0 bridgehead atoms. The number of thioether (sulfide) groups is 1. The van der Waals surface area contributed by atoms with Gasteiger partial charge in [-0.2, -0.15) is 5.26 Å². The Bertz CT molecular complexity index is 1240. The maximum Gasteiger partial charge on any atom is 0.237 e. The van der Waals surface area contributed by atoms with Gasteiger partial charge in [-0.25, -0.2) is 4.98 Å². The summed E-state index contributed by atoms with van der Waals surface area (Å²) in [6.45, 7) is 3.91. The van der Waals surface area contributed by atoms with Crippen LogP contribution in [0.15, 0.2) is 65.7 Å². The van der Waals surface area contributed by atoms with Crippen LogP contribution in [0.1, 0.15) is 25.0 Å². The third-order valence-corrected chi connectivity index (χ3v) is 5.93. The minimum absolute atomic E-state index is 0.0684. The summed E-state index contributed by atoms with van der Waals surface area (Å²) in [4.78, 5) is 17.4. The number of nitrogens with zero attached hydrogens (tertiary/aromatic N) is 3. The minimum atomic E-state index is -0.322. The molecule has 0 radical (unpaired) electrons. The largest absolute Gasteiger partial charge is 0.325 e. The van der Waals surface area contributed by atoms with Crippen LogP contribution in [0.25, 0.3) is 16.7 Å². The highest BCUT2D eigenvalue weighted by Crippen LogP contribution is 2.32. The zero-order valence-electron chi connectivity index (χ0n) is 16.2. The summed E-state index contributed by atoms with van der Waals surface area (Å²) in [6, 6.07) is 21.6. The molecule has 144 valence electrons. The topological polar surface area (TPSA) is 70.2 Å². The summed E-state index contributed by atoms with van der Waals surface area (Å²) >= 11 is 1.47. The van der Waals surface area contributed by atoms with Crippen LogP contribution in [0.3, 0.4) is 0 Å². The number of hydrogen-bond acceptors (Lipinski definition) is 4. The van der Waals surface area contributed by atoms with Crippen molar-refractivity contribution < 1.29 is 4.79 Å². The summed E-state index contributed by atoms with van der Waals surface area (Å²) in [6.07, 6.45) is 0.723. The van der Waals surface area contributed by atoms with E-state index >= 15 is 0 Å². The predicted octanol–water partition coefficient (Wildman–Crippen LogP) is 5.04. The Labute approximate surface area is 173 Å². The minimum Gasteiger partial charge on any atom is -0.325 e. The standard InChI is InChI=1S/C23H20N4OS/c1-3-16-13-21(29-15(2)23(28)25-17-9-5-4-6-10-17)27-20-12-8-7-11-19(20)26-22(27)18(16)14-24/h4-13,15H,3H2,1-2H3,(H,25,28)/t15-/m1/s1. The van der Waals surface area contributed by atoms with E-state index in [-0.39, 0.29) is 11.2 Å². The Kier molecular flexibility index (Phi) is 5.24. The Morgan fingerprint density at radius 1 is 1.21 bits per heavy atom. The maximum atomic E-state index is 12.7. The number of rotatable bonds is 5. The highest BCUT2D eigenvalue weighted by Gasteiger charge is 2.21. The number of benzene rings is 2. The number of para-hydroxylation sites is 3. The van der Waals surface area contributed by atoms with Crippen molar-refractivity contribution in [3.05, 3.63) is 71.8 Å². The number of nitrogens with one attached hydrogen (secondary N) is 1. The quantitative estimate of drug-likeness (QED) is 0.477. The van der Waals surface area contributed by atoms with Gasteiger partial charge in [-0.3, -0.25) is 9.20 Å². The van der Waals surface area contributed by atoms with Gasteiger partial charge in [-0.15, -0.1) is 0 Å². The van der Waals surface area contributed by atoms with Gasteiger partial charge in [0.25, 0.3) is 0 Å². The monoisotopic (exact) mass is 400 g/mol. The van der Waals surface area contributed by atoms with E-state index in [9.17, 15) is 10.1 Å². The molecule has 0 saturated carbocycles. The molecular formula is C23H20N4OS. The molecule has 4 aromatic rings. The number of nitriles is 1. The van der Waals surface area contributed by atoms with E-state index in [1.54, 1.807) is 0 Å². The lowest BCUT2D eigenvalue weighted by atomic mass is 10.1. The van der Waals surface area contributed by atoms with Gasteiger partial charge < -0.3 is 5.32 Å². The smallest absolute Gasteiger partial charge is 0.237 e. The molecule has 4 rings (SSSR count). The van der Waals surface area contributed by atoms with Crippen molar-refractivity contribution in [3.63, 3.8) is 0 Å². The molecule has 0 saturated heterocycles. The number of hydrogen-bond donors (Lipinski definition) is 1. The van der Waals surface area contributed by atoms with E-state index in [0.29, 0.717) is 11.2 Å². The van der Waals surface area contributed by atoms with Crippen molar-refractivity contribution >= 4 is 40.0 Å². The van der Waals surface area contributed by atoms with Crippen molar-refractivity contribution in [2.24, 2.45) is 0 Å². The molecule has 1 N–H and O–H groups in total. The Hall–Kier alpha value is -3.30. The van der Waals surface area contributed by atoms with Crippen molar-refractivity contribution in [3.8, 4) is 6.07 Å². The number of fused-ring (bicyclic) bond motifs is 3. The number of imidazole rings is 1. The van der Waals surface area contributed by atoms with Gasteiger partial charge in [-0.1, -0.05) is 49.0 Å². The van der Waals surface area contributed by atoms with Crippen molar-refractivity contribution in [2.75, 3.05) is 5.32 Å². The molecule has 6 heteroatoms. The first kappa shape index (κ1) is 19.0. The molecule has 2 aromatic carbocycles. The molecular weight excluding hydrogens is 380 g/mol. The first-order chi connectivity index (χ1) is 14.1. The molecule has 1 amide bonds. The number of anilines is 1. The van der Waals surface area contributed by atoms with Crippen LogP contribution in [-0.4, -0.2) is 20.5 Å². The second-order valence-electron chi connectivity index (χ2n) is 6.72. The lowest BCUT2D eigenvalue weighted by molar-refractivity contribution is -0.115. The van der Waals surface area contributed by atoms with Crippen LogP contribution in [0.2, 0.25) is 0 Å². The molecule has 0 spiro atoms. The number of amides is 1. The lowest BCUT2D eigenvalue weighted by Crippen LogP contribution is -2.22. The summed E-state index contributed by atoms with van der Waals surface area (Å²) in [5.41, 5.74) is 4.71. The van der Waals surface area contributed by atoms with Gasteiger partial charge in [0.2, 0.25) is 5.91 Å². The van der Waals surface area contributed by atoms with Crippen LogP contribution in [0.4, 0.5) is 5.69 Å². The second kappa shape index (κ2) is 7.98. The SMILES string of the molecule is CCc1cc(S[C@H](C)C(=O)Nc2ccccc2)n2c(nc3ccccc32)c1C#N. The van der Waals surface area contributed by atoms with Gasteiger partial charge >= 0.3 is 0 Å². The maximum absolute atomic E-state index is 12.7. The second-order valence-corrected chi connectivity index (χ2v) is 8.08. The average Bonchev–Trinajstić information content (AvgIpc) is 3.13. The third-order valence-electron chi connectivity index (χ3n) is 4.82. The molecule has 5 nitrogen and oxygen atoms in total. The van der Waals surface area contributed by atoms with Crippen LogP contribution >= 0.6 is 11.8 Å². The fraction of sp³-hybridized carbons (Fsp3) is 0.174. The van der Waals surface area contributed by atoms with E-state index < -0.39 is 0 Å². The Morgan fingerprint density at radius 2 is 1.93 bits per heavy atom. The van der Waals surface area contributed by atoms with Gasteiger partial charge in [0.15, 0.2) is 5.65 Å². The molecule has 2 aromatic heterocycles. The van der Waals surface area contributed by atoms with Gasteiger partial charge in [0, 0.05) is 5.69 Å². The predicted molar refractivity (Wildman–Crippen MR) is 117 cm³/mol. The summed E-state index contributed by atoms with van der Waals surface area (Å²) in [5, 5.41) is 13.3. The first-order valence-corrected chi connectivity index (χ1v) is 10.4. The summed E-state index contributed by atoms with van der Waals surface area (Å²) in [7, 11) is 0. The number of pyridine rings is 1. The van der Waals surface area contributed by atoms with Crippen LogP contribution < -0.4 is 5.32 Å². The van der Waals surface area contributed by atoms with Gasteiger partial charge in [0.05, 0.1) is 26.9 Å². The fourth-order valence-corrected chi connectivity index (χ4v) is 4.36. The van der Waals surface area contributed by atoms with E-state index in [2.05, 4.69) is 11.4 Å². The number of aryl methyl sites for hydroxylation is 1. The highest BCUT2D eigenvalue weighted by molar-refractivity contribution is 8.00. The van der Waals surface area contributed by atoms with Crippen LogP contribution in [0, 0.1) is 11.3 Å². The number of carbonyl (C=O) groups excluding carboxylic acids is 1. The number of carbonyl (C=O) groups is 1. The van der Waals surface area contributed by atoms with Crippen molar-refractivity contribution in [2.45, 2.75) is 30.5 Å². The van der Waals surface area contributed by atoms with E-state index in [1.165, 1.54) is 11.8 Å². The molecule has 1 atom stereocenters. The van der Waals surface area contributed by atoms with Crippen molar-refractivity contribution in [1.29, 1.82) is 5.26 Å². The van der Waals surface area contributed by atoms with Crippen LogP contribution in [0.5, 0.6) is 0 Å². The van der Waals surface area contributed by atoms with E-state index in [4.69, 9.17) is 4.98 Å². The Morgan fingerprint density at radius 3 is 2.66 bits per heavy atom. The molecule has 0 aliphatic rings. The lowest BCUT2D eigenvalue weighted by Gasteiger charge is -2.15. The number of aromatic nitrogens is 2. The average molecular weight is 401 g/mol. The zero-order valence-corrected chi connectivity index (χ0v) is 17.0. The van der Waals surface area contributed by atoms with Crippen LogP contribution in [-0.2, 0) is 11.2 Å². The summed E-state index contributed by atoms with van der Waals surface area (Å²) < 4.78 is 1.99. The van der Waals surface area contributed by atoms with E-state index in [1.807, 2.05) is 78.9 Å². The molecule has 29 heavy (non-hydrogen) atoms. The molecule has 0 aliphatic carbocycles. The van der Waals surface area contributed by atoms with E-state index in [0.717, 1.165) is 33.7 Å². The fourth-order valence-electron chi connectivity index (χ4n) is 3.33. The Balaban J connectivity index is 1.76. The zero-order chi connectivity index (χ0) is 20.4. The molecule has 0 fully saturated rings. The normalized spacial score (nSPS) is 12.0. The van der Waals surface area contributed by atoms with Gasteiger partial charge in [-0.05, 0) is 49.2 Å². The first-order valence-electron chi connectivity index (χ1n) is 9.48. The van der Waals surface area contributed by atoms with Crippen molar-refractivity contribution in [1.82, 2.24) is 9.38 Å². The molecule has 0 aliphatic heterocycles. The summed E-state index contributed by atoms with van der Waals surface area (Å²) in [5.74, 6) is -0.0684. The molecule has 2 heterocycles. The van der Waals surface area contributed by atoms with Gasteiger partial charge in [0.1, 0.15) is 6.07 Å². The third kappa shape index (κ3) is 3.57.